The fourth-order valence-corrected chi connectivity index (χ4v) is 2.34. The van der Waals surface area contributed by atoms with E-state index in [9.17, 15) is 0 Å². The first-order valence-electron chi connectivity index (χ1n) is 5.97. The van der Waals surface area contributed by atoms with Crippen LogP contribution in [0.5, 0.6) is 0 Å². The Labute approximate surface area is 105 Å². The van der Waals surface area contributed by atoms with Crippen molar-refractivity contribution in [3.8, 4) is 0 Å². The average Bonchev–Trinajstić information content (AvgIpc) is 2.52. The molecule has 4 heteroatoms. The summed E-state index contributed by atoms with van der Waals surface area (Å²) in [5.74, 6) is 0. The quantitative estimate of drug-likeness (QED) is 0.700. The molecule has 0 saturated carbocycles. The molecule has 100 valence electrons. The van der Waals surface area contributed by atoms with Crippen LogP contribution in [0.15, 0.2) is 0 Å². The van der Waals surface area contributed by atoms with E-state index in [4.69, 9.17) is 9.59 Å². The molecule has 0 aromatic rings. The molecule has 4 nitrogen and oxygen atoms in total. The maximum atomic E-state index is 8.12. The Kier molecular flexibility index (Phi) is 6.61. The summed E-state index contributed by atoms with van der Waals surface area (Å²) >= 11 is 0. The highest BCUT2D eigenvalue weighted by Gasteiger charge is 2.37. The topological polar surface area (TPSA) is 40.6 Å². The molecule has 0 spiro atoms. The third kappa shape index (κ3) is 4.58. The minimum atomic E-state index is 0. The zero-order valence-electron chi connectivity index (χ0n) is 10.5. The predicted molar refractivity (Wildman–Crippen MR) is 67.7 cm³/mol. The first-order valence-corrected chi connectivity index (χ1v) is 5.97. The molecule has 0 aromatic carbocycles. The van der Waals surface area contributed by atoms with Crippen LogP contribution in [0.3, 0.4) is 0 Å². The molecule has 2 rings (SSSR count). The lowest BCUT2D eigenvalue weighted by molar-refractivity contribution is -0.191. The maximum absolute atomic E-state index is 8.12. The summed E-state index contributed by atoms with van der Waals surface area (Å²) in [7, 11) is 0. The minimum Gasteiger partial charge on any atom is -0.298 e. The first kappa shape index (κ1) is 16.3. The number of rotatable bonds is 1. The second-order valence-electron chi connectivity index (χ2n) is 5.56. The summed E-state index contributed by atoms with van der Waals surface area (Å²) in [5.41, 5.74) is 0.385. The third-order valence-electron chi connectivity index (χ3n) is 3.47. The van der Waals surface area contributed by atoms with Gasteiger partial charge < -0.3 is 0 Å². The lowest BCUT2D eigenvalue weighted by Crippen LogP contribution is -2.64. The highest BCUT2D eigenvalue weighted by molar-refractivity contribution is 5.20. The summed E-state index contributed by atoms with van der Waals surface area (Å²) in [6, 6.07) is 0.877. The first-order chi connectivity index (χ1) is 7.49. The Morgan fingerprint density at radius 3 is 1.82 bits per heavy atom. The van der Waals surface area contributed by atoms with Gasteiger partial charge in [0.15, 0.2) is 0 Å². The summed E-state index contributed by atoms with van der Waals surface area (Å²) in [6.07, 6.45) is 3.10. The van der Waals surface area contributed by atoms with Crippen LogP contribution < -0.4 is 0 Å². The fourth-order valence-electron chi connectivity index (χ4n) is 2.34. The Hall–Kier alpha value is -0.700. The maximum Gasteiger partial charge on any atom is 0.373 e. The van der Waals surface area contributed by atoms with Crippen molar-refractivity contribution >= 4 is 6.15 Å². The van der Waals surface area contributed by atoms with E-state index in [1.165, 1.54) is 39.0 Å². The van der Waals surface area contributed by atoms with Gasteiger partial charge in [0.05, 0.1) is 0 Å². The van der Waals surface area contributed by atoms with Gasteiger partial charge in [0.1, 0.15) is 0 Å². The van der Waals surface area contributed by atoms with Crippen LogP contribution in [0.2, 0.25) is 0 Å². The molecular formula is C13H26N2O2. The zero-order valence-corrected chi connectivity index (χ0v) is 10.5. The normalized spacial score (nSPS) is 21.8. The molecule has 2 fully saturated rings. The number of hydrogen-bond donors (Lipinski definition) is 0. The lowest BCUT2D eigenvalue weighted by Gasteiger charge is -2.50. The van der Waals surface area contributed by atoms with E-state index in [1.807, 2.05) is 0 Å². The molecule has 2 heterocycles. The van der Waals surface area contributed by atoms with Gasteiger partial charge in [0.25, 0.3) is 0 Å². The van der Waals surface area contributed by atoms with E-state index < -0.39 is 0 Å². The van der Waals surface area contributed by atoms with E-state index in [2.05, 4.69) is 30.6 Å². The molecule has 0 aromatic heterocycles. The van der Waals surface area contributed by atoms with Crippen LogP contribution in [0.25, 0.3) is 0 Å². The van der Waals surface area contributed by atoms with E-state index in [-0.39, 0.29) is 13.6 Å². The fraction of sp³-hybridized carbons (Fsp3) is 0.923. The van der Waals surface area contributed by atoms with E-state index >= 15 is 0 Å². The van der Waals surface area contributed by atoms with E-state index in [1.54, 1.807) is 0 Å². The van der Waals surface area contributed by atoms with Gasteiger partial charge in [-0.2, -0.15) is 9.59 Å². The lowest BCUT2D eigenvalue weighted by atomic mass is 9.97. The minimum absolute atomic E-state index is 0. The Bertz CT molecular complexity index is 243. The summed E-state index contributed by atoms with van der Waals surface area (Å²) in [6.45, 7) is 12.2. The van der Waals surface area contributed by atoms with Gasteiger partial charge >= 0.3 is 6.15 Å². The molecule has 0 radical (unpaired) electrons. The second kappa shape index (κ2) is 6.90. The van der Waals surface area contributed by atoms with Crippen LogP contribution in [0, 0.1) is 0 Å². The molecule has 2 saturated heterocycles. The van der Waals surface area contributed by atoms with Crippen molar-refractivity contribution in [1.29, 1.82) is 0 Å². The summed E-state index contributed by atoms with van der Waals surface area (Å²) in [4.78, 5) is 21.5. The van der Waals surface area contributed by atoms with Gasteiger partial charge in [-0.25, -0.2) is 0 Å². The highest BCUT2D eigenvalue weighted by Crippen LogP contribution is 2.26. The largest absolute Gasteiger partial charge is 0.373 e. The molecule has 17 heavy (non-hydrogen) atoms. The van der Waals surface area contributed by atoms with E-state index in [0.717, 1.165) is 6.04 Å². The standard InChI is InChI=1S/C11H22N2.CO2.CH4/c1-11(2,3)13-8-10(9-13)12-6-4-5-7-12;2-1-3;/h10H,4-9H2,1-3H3;;1H4. The molecule has 2 aliphatic heterocycles. The van der Waals surface area contributed by atoms with Gasteiger partial charge in [0.2, 0.25) is 0 Å². The number of hydrogen-bond acceptors (Lipinski definition) is 4. The molecule has 0 aliphatic carbocycles. The van der Waals surface area contributed by atoms with Gasteiger partial charge in [-0.05, 0) is 46.7 Å². The molecule has 0 N–H and O–H groups in total. The zero-order chi connectivity index (χ0) is 12.2. The molecule has 0 atom stereocenters. The van der Waals surface area contributed by atoms with Gasteiger partial charge in [-0.15, -0.1) is 0 Å². The molecule has 0 amide bonds. The van der Waals surface area contributed by atoms with Crippen LogP contribution >= 0.6 is 0 Å². The highest BCUT2D eigenvalue weighted by atomic mass is 16.2. The van der Waals surface area contributed by atoms with Crippen molar-refractivity contribution in [2.75, 3.05) is 26.2 Å². The SMILES string of the molecule is C.CC(C)(C)N1CC(N2CCCC2)C1.O=C=O. The summed E-state index contributed by atoms with van der Waals surface area (Å²) in [5, 5.41) is 0. The second-order valence-corrected chi connectivity index (χ2v) is 5.56. The smallest absolute Gasteiger partial charge is 0.298 e. The van der Waals surface area contributed by atoms with Gasteiger partial charge in [-0.3, -0.25) is 9.80 Å². The summed E-state index contributed by atoms with van der Waals surface area (Å²) < 4.78 is 0. The monoisotopic (exact) mass is 242 g/mol. The van der Waals surface area contributed by atoms with Gasteiger partial charge in [0, 0.05) is 24.7 Å². The van der Waals surface area contributed by atoms with Crippen molar-refractivity contribution in [3.63, 3.8) is 0 Å². The number of nitrogens with zero attached hydrogens (tertiary/aromatic N) is 2. The van der Waals surface area contributed by atoms with Crippen molar-refractivity contribution < 1.29 is 9.59 Å². The third-order valence-corrected chi connectivity index (χ3v) is 3.47. The van der Waals surface area contributed by atoms with Crippen LogP contribution in [-0.2, 0) is 9.59 Å². The Morgan fingerprint density at radius 2 is 1.47 bits per heavy atom. The molecular weight excluding hydrogens is 216 g/mol. The van der Waals surface area contributed by atoms with Crippen molar-refractivity contribution in [2.24, 2.45) is 0 Å². The molecule has 2 aliphatic rings. The van der Waals surface area contributed by atoms with Gasteiger partial charge in [-0.1, -0.05) is 7.43 Å². The number of likely N-dealkylation sites (tertiary alicyclic amines) is 2. The van der Waals surface area contributed by atoms with Crippen LogP contribution in [-0.4, -0.2) is 53.7 Å². The van der Waals surface area contributed by atoms with Crippen molar-refractivity contribution in [2.45, 2.75) is 52.6 Å². The average molecular weight is 242 g/mol. The van der Waals surface area contributed by atoms with Crippen molar-refractivity contribution in [1.82, 2.24) is 9.80 Å². The Balaban J connectivity index is 0.000000583. The molecule has 0 bridgehead atoms. The van der Waals surface area contributed by atoms with Crippen LogP contribution in [0.1, 0.15) is 41.0 Å². The molecule has 0 unspecified atom stereocenters. The van der Waals surface area contributed by atoms with Crippen LogP contribution in [0.4, 0.5) is 0 Å². The number of carbonyl (C=O) groups excluding carboxylic acids is 2. The van der Waals surface area contributed by atoms with Crippen molar-refractivity contribution in [3.05, 3.63) is 0 Å². The predicted octanol–water partition coefficient (Wildman–Crippen LogP) is 1.62. The van der Waals surface area contributed by atoms with E-state index in [0.29, 0.717) is 5.54 Å². The Morgan fingerprint density at radius 1 is 1.06 bits per heavy atom.